The topological polar surface area (TPSA) is 58.5 Å². The van der Waals surface area contributed by atoms with Gasteiger partial charge in [-0.05, 0) is 38.5 Å². The number of thiazole rings is 1. The lowest BCUT2D eigenvalue weighted by atomic mass is 10.2. The van der Waals surface area contributed by atoms with Crippen LogP contribution in [0, 0.1) is 6.92 Å². The summed E-state index contributed by atoms with van der Waals surface area (Å²) in [5.74, 6) is 1.29. The minimum Gasteiger partial charge on any atom is -0.489 e. The number of benzene rings is 1. The van der Waals surface area contributed by atoms with E-state index in [4.69, 9.17) is 4.74 Å². The van der Waals surface area contributed by atoms with Crippen molar-refractivity contribution in [3.05, 3.63) is 45.9 Å². The van der Waals surface area contributed by atoms with E-state index < -0.39 is 11.9 Å². The second kappa shape index (κ2) is 11.4. The summed E-state index contributed by atoms with van der Waals surface area (Å²) in [5, 5.41) is 7.50. The molecular weight excluding hydrogens is 504 g/mol. The van der Waals surface area contributed by atoms with E-state index in [1.165, 1.54) is 0 Å². The van der Waals surface area contributed by atoms with Gasteiger partial charge in [-0.2, -0.15) is 13.2 Å². The molecule has 10 heteroatoms. The lowest BCUT2D eigenvalue weighted by molar-refractivity contribution is -0.140. The van der Waals surface area contributed by atoms with Crippen molar-refractivity contribution in [2.75, 3.05) is 13.1 Å². The average Bonchev–Trinajstić information content (AvgIpc) is 3.07. The SMILES string of the molecule is CCNC(=NCc1nc(C(F)(F)F)cs1)NCC(C)Oc1cccc(C)c1.I. The Kier molecular flexibility index (Phi) is 10.0. The van der Waals surface area contributed by atoms with Crippen LogP contribution in [-0.4, -0.2) is 30.1 Å². The smallest absolute Gasteiger partial charge is 0.434 e. The zero-order chi connectivity index (χ0) is 19.9. The third kappa shape index (κ3) is 8.21. The molecule has 5 nitrogen and oxygen atoms in total. The Morgan fingerprint density at radius 3 is 2.68 bits per heavy atom. The quantitative estimate of drug-likeness (QED) is 0.313. The lowest BCUT2D eigenvalue weighted by Gasteiger charge is -2.17. The summed E-state index contributed by atoms with van der Waals surface area (Å²) in [5.41, 5.74) is 0.236. The zero-order valence-electron chi connectivity index (χ0n) is 15.8. The molecule has 1 unspecified atom stereocenters. The first-order valence-corrected chi connectivity index (χ1v) is 9.43. The van der Waals surface area contributed by atoms with Crippen molar-refractivity contribution in [3.63, 3.8) is 0 Å². The van der Waals surface area contributed by atoms with E-state index >= 15 is 0 Å². The van der Waals surface area contributed by atoms with Crippen molar-refractivity contribution in [1.29, 1.82) is 0 Å². The van der Waals surface area contributed by atoms with Gasteiger partial charge in [0.05, 0.1) is 13.1 Å². The Morgan fingerprint density at radius 2 is 2.07 bits per heavy atom. The molecular formula is C18H24F3IN4OS. The Labute approximate surface area is 183 Å². The van der Waals surface area contributed by atoms with E-state index in [9.17, 15) is 13.2 Å². The summed E-state index contributed by atoms with van der Waals surface area (Å²) in [6.45, 7) is 7.03. The molecule has 0 bridgehead atoms. The number of ether oxygens (including phenoxy) is 1. The highest BCUT2D eigenvalue weighted by Gasteiger charge is 2.33. The molecule has 28 heavy (non-hydrogen) atoms. The molecule has 0 radical (unpaired) electrons. The number of alkyl halides is 3. The highest BCUT2D eigenvalue weighted by molar-refractivity contribution is 14.0. The van der Waals surface area contributed by atoms with Crippen molar-refractivity contribution in [2.45, 2.75) is 39.6 Å². The second-order valence-corrected chi connectivity index (χ2v) is 6.89. The first-order valence-electron chi connectivity index (χ1n) is 8.55. The van der Waals surface area contributed by atoms with E-state index in [2.05, 4.69) is 20.6 Å². The molecule has 1 aromatic heterocycles. The molecule has 0 aliphatic heterocycles. The van der Waals surface area contributed by atoms with Gasteiger partial charge in [-0.25, -0.2) is 9.98 Å². The first-order chi connectivity index (χ1) is 12.8. The van der Waals surface area contributed by atoms with Gasteiger partial charge in [0.1, 0.15) is 16.9 Å². The summed E-state index contributed by atoms with van der Waals surface area (Å²) in [6.07, 6.45) is -4.55. The van der Waals surface area contributed by atoms with Gasteiger partial charge in [-0.1, -0.05) is 12.1 Å². The highest BCUT2D eigenvalue weighted by Crippen LogP contribution is 2.30. The van der Waals surface area contributed by atoms with Gasteiger partial charge in [0.15, 0.2) is 11.7 Å². The van der Waals surface area contributed by atoms with Gasteiger partial charge < -0.3 is 15.4 Å². The normalized spacial score (nSPS) is 12.9. The molecule has 0 aliphatic carbocycles. The van der Waals surface area contributed by atoms with Crippen LogP contribution < -0.4 is 15.4 Å². The molecule has 1 heterocycles. The van der Waals surface area contributed by atoms with Crippen LogP contribution >= 0.6 is 35.3 Å². The third-order valence-electron chi connectivity index (χ3n) is 3.44. The van der Waals surface area contributed by atoms with Crippen molar-refractivity contribution in [1.82, 2.24) is 15.6 Å². The summed E-state index contributed by atoms with van der Waals surface area (Å²) in [7, 11) is 0. The molecule has 1 atom stereocenters. The highest BCUT2D eigenvalue weighted by atomic mass is 127. The van der Waals surface area contributed by atoms with E-state index in [1.807, 2.05) is 45.0 Å². The van der Waals surface area contributed by atoms with Gasteiger partial charge in [0.25, 0.3) is 0 Å². The molecule has 0 saturated carbocycles. The van der Waals surface area contributed by atoms with Crippen molar-refractivity contribution in [3.8, 4) is 5.75 Å². The first kappa shape index (κ1) is 24.5. The Hall–Kier alpha value is -1.56. The van der Waals surface area contributed by atoms with Gasteiger partial charge in [0, 0.05) is 11.9 Å². The van der Waals surface area contributed by atoms with E-state index in [0.717, 1.165) is 28.0 Å². The molecule has 0 amide bonds. The molecule has 2 N–H and O–H groups in total. The van der Waals surface area contributed by atoms with Gasteiger partial charge >= 0.3 is 6.18 Å². The molecule has 0 spiro atoms. The Balaban J connectivity index is 0.00000392. The summed E-state index contributed by atoms with van der Waals surface area (Å²) < 4.78 is 43.7. The largest absolute Gasteiger partial charge is 0.489 e. The Morgan fingerprint density at radius 1 is 1.32 bits per heavy atom. The van der Waals surface area contributed by atoms with Crippen molar-refractivity contribution in [2.24, 2.45) is 4.99 Å². The number of aryl methyl sites for hydroxylation is 1. The minimum absolute atomic E-state index is 0. The van der Waals surface area contributed by atoms with Gasteiger partial charge in [-0.3, -0.25) is 0 Å². The number of hydrogen-bond acceptors (Lipinski definition) is 4. The minimum atomic E-state index is -4.43. The monoisotopic (exact) mass is 528 g/mol. The molecule has 2 aromatic rings. The van der Waals surface area contributed by atoms with E-state index in [1.54, 1.807) is 0 Å². The summed E-state index contributed by atoms with van der Waals surface area (Å²) >= 11 is 0.946. The summed E-state index contributed by atoms with van der Waals surface area (Å²) in [6, 6.07) is 7.77. The van der Waals surface area contributed by atoms with Crippen LogP contribution in [0.5, 0.6) is 5.75 Å². The molecule has 0 saturated heterocycles. The van der Waals surface area contributed by atoms with E-state index in [-0.39, 0.29) is 36.6 Å². The van der Waals surface area contributed by atoms with Gasteiger partial charge in [0.2, 0.25) is 0 Å². The molecule has 1 aromatic carbocycles. The predicted octanol–water partition coefficient (Wildman–Crippen LogP) is 4.61. The maximum atomic E-state index is 12.6. The van der Waals surface area contributed by atoms with Gasteiger partial charge in [-0.15, -0.1) is 35.3 Å². The number of rotatable bonds is 7. The lowest BCUT2D eigenvalue weighted by Crippen LogP contribution is -2.41. The molecule has 0 fully saturated rings. The van der Waals surface area contributed by atoms with Crippen LogP contribution in [0.1, 0.15) is 30.1 Å². The zero-order valence-corrected chi connectivity index (χ0v) is 19.0. The third-order valence-corrected chi connectivity index (χ3v) is 4.28. The fraction of sp³-hybridized carbons (Fsp3) is 0.444. The van der Waals surface area contributed by atoms with Crippen molar-refractivity contribution >= 4 is 41.3 Å². The van der Waals surface area contributed by atoms with Crippen LogP contribution in [0.2, 0.25) is 0 Å². The fourth-order valence-corrected chi connectivity index (χ4v) is 2.93. The van der Waals surface area contributed by atoms with Crippen LogP contribution in [-0.2, 0) is 12.7 Å². The number of halogens is 4. The summed E-state index contributed by atoms with van der Waals surface area (Å²) in [4.78, 5) is 7.87. The van der Waals surface area contributed by atoms with Crippen LogP contribution in [0.15, 0.2) is 34.6 Å². The Bertz CT molecular complexity index is 767. The number of aromatic nitrogens is 1. The maximum Gasteiger partial charge on any atom is 0.434 e. The standard InChI is InChI=1S/C18H23F3N4OS.HI/c1-4-22-17(24-10-16-25-15(11-27-16)18(19,20)21)23-9-13(3)26-14-7-5-6-12(2)8-14;/h5-8,11,13H,4,9-10H2,1-3H3,(H2,22,23,24);1H. The number of nitrogens with one attached hydrogen (secondary N) is 2. The predicted molar refractivity (Wildman–Crippen MR) is 117 cm³/mol. The number of hydrogen-bond donors (Lipinski definition) is 2. The number of aliphatic imine (C=N–C) groups is 1. The molecule has 156 valence electrons. The van der Waals surface area contributed by atoms with Crippen LogP contribution in [0.25, 0.3) is 0 Å². The van der Waals surface area contributed by atoms with E-state index in [0.29, 0.717) is 24.1 Å². The number of nitrogens with zero attached hydrogens (tertiary/aromatic N) is 2. The second-order valence-electron chi connectivity index (χ2n) is 5.95. The van der Waals surface area contributed by atoms with Crippen LogP contribution in [0.3, 0.4) is 0 Å². The maximum absolute atomic E-state index is 12.6. The van der Waals surface area contributed by atoms with Crippen LogP contribution in [0.4, 0.5) is 13.2 Å². The molecule has 0 aliphatic rings. The van der Waals surface area contributed by atoms with Crippen molar-refractivity contribution < 1.29 is 17.9 Å². The molecule has 2 rings (SSSR count). The number of guanidine groups is 1. The fourth-order valence-electron chi connectivity index (χ4n) is 2.21. The average molecular weight is 528 g/mol.